The predicted molar refractivity (Wildman–Crippen MR) is 68.9 cm³/mol. The van der Waals surface area contributed by atoms with E-state index < -0.39 is 0 Å². The Morgan fingerprint density at radius 2 is 1.67 bits per heavy atom. The third-order valence-electron chi connectivity index (χ3n) is 2.40. The maximum Gasteiger partial charge on any atom is 0.136 e. The molecule has 0 aliphatic carbocycles. The summed E-state index contributed by atoms with van der Waals surface area (Å²) < 4.78 is 10.8. The van der Waals surface area contributed by atoms with Crippen molar-refractivity contribution in [2.45, 2.75) is 0 Å². The molecule has 0 atom stereocenters. The van der Waals surface area contributed by atoms with Gasteiger partial charge in [-0.2, -0.15) is 0 Å². The van der Waals surface area contributed by atoms with Crippen molar-refractivity contribution in [1.29, 1.82) is 0 Å². The molecule has 0 saturated heterocycles. The highest BCUT2D eigenvalue weighted by Gasteiger charge is 2.02. The minimum Gasteiger partial charge on any atom is -0.497 e. The quantitative estimate of drug-likeness (QED) is 0.509. The molecule has 0 bridgehead atoms. The summed E-state index contributed by atoms with van der Waals surface area (Å²) in [7, 11) is 1.61. The average molecular weight is 243 g/mol. The molecule has 2 rings (SSSR count). The first kappa shape index (κ1) is 12.0. The van der Waals surface area contributed by atoms with Gasteiger partial charge in [-0.1, -0.05) is 17.3 Å². The zero-order valence-corrected chi connectivity index (χ0v) is 9.91. The van der Waals surface area contributed by atoms with E-state index in [0.717, 1.165) is 5.75 Å². The van der Waals surface area contributed by atoms with E-state index in [2.05, 4.69) is 5.16 Å². The van der Waals surface area contributed by atoms with Crippen LogP contribution in [0.5, 0.6) is 17.2 Å². The molecule has 2 aromatic carbocycles. The normalized spacial score (nSPS) is 10.5. The summed E-state index contributed by atoms with van der Waals surface area (Å²) in [6.45, 7) is 0. The number of nitrogens with zero attached hydrogens (tertiary/aromatic N) is 1. The van der Waals surface area contributed by atoms with E-state index in [-0.39, 0.29) is 0 Å². The standard InChI is InChI=1S/C14H13NO3/c1-17-12-6-8-13(9-7-12)18-14-5-3-2-4-11(14)10-15-16/h2-10,16H,1H3/b15-10+. The number of rotatable bonds is 4. The summed E-state index contributed by atoms with van der Waals surface area (Å²) in [6.07, 6.45) is 1.33. The fourth-order valence-corrected chi connectivity index (χ4v) is 1.51. The molecule has 0 saturated carbocycles. The fraction of sp³-hybridized carbons (Fsp3) is 0.0714. The SMILES string of the molecule is COc1ccc(Oc2ccccc2/C=N/O)cc1. The molecule has 0 heterocycles. The number of hydrogen-bond donors (Lipinski definition) is 1. The summed E-state index contributed by atoms with van der Waals surface area (Å²) in [4.78, 5) is 0. The van der Waals surface area contributed by atoms with Crippen LogP contribution in [0.3, 0.4) is 0 Å². The molecule has 0 unspecified atom stereocenters. The number of para-hydroxylation sites is 1. The van der Waals surface area contributed by atoms with Gasteiger partial charge in [-0.15, -0.1) is 0 Å². The Morgan fingerprint density at radius 1 is 1.00 bits per heavy atom. The van der Waals surface area contributed by atoms with Crippen molar-refractivity contribution in [3.05, 3.63) is 54.1 Å². The average Bonchev–Trinajstić information content (AvgIpc) is 2.42. The number of oxime groups is 1. The zero-order chi connectivity index (χ0) is 12.8. The van der Waals surface area contributed by atoms with E-state index in [1.165, 1.54) is 6.21 Å². The van der Waals surface area contributed by atoms with E-state index in [1.807, 2.05) is 36.4 Å². The summed E-state index contributed by atoms with van der Waals surface area (Å²) in [5.41, 5.74) is 0.704. The van der Waals surface area contributed by atoms with Crippen molar-refractivity contribution >= 4 is 6.21 Å². The van der Waals surface area contributed by atoms with Gasteiger partial charge in [0.25, 0.3) is 0 Å². The highest BCUT2D eigenvalue weighted by atomic mass is 16.5. The van der Waals surface area contributed by atoms with Crippen molar-refractivity contribution in [1.82, 2.24) is 0 Å². The summed E-state index contributed by atoms with van der Waals surface area (Å²) >= 11 is 0. The van der Waals surface area contributed by atoms with Gasteiger partial charge in [0.05, 0.1) is 13.3 Å². The lowest BCUT2D eigenvalue weighted by Crippen LogP contribution is -1.90. The molecule has 1 N–H and O–H groups in total. The molecule has 0 aliphatic rings. The van der Waals surface area contributed by atoms with E-state index >= 15 is 0 Å². The molecule has 18 heavy (non-hydrogen) atoms. The summed E-state index contributed by atoms with van der Waals surface area (Å²) in [6, 6.07) is 14.6. The zero-order valence-electron chi connectivity index (χ0n) is 9.91. The Balaban J connectivity index is 2.22. The molecule has 0 fully saturated rings. The summed E-state index contributed by atoms with van der Waals surface area (Å²) in [5.74, 6) is 2.09. The Labute approximate surface area is 105 Å². The van der Waals surface area contributed by atoms with Gasteiger partial charge in [0.2, 0.25) is 0 Å². The van der Waals surface area contributed by atoms with Crippen LogP contribution in [0.1, 0.15) is 5.56 Å². The minimum absolute atomic E-state index is 0.625. The van der Waals surface area contributed by atoms with Gasteiger partial charge in [0.1, 0.15) is 17.2 Å². The molecule has 92 valence electrons. The van der Waals surface area contributed by atoms with Crippen LogP contribution in [-0.4, -0.2) is 18.5 Å². The van der Waals surface area contributed by atoms with Crippen molar-refractivity contribution in [2.75, 3.05) is 7.11 Å². The molecule has 0 amide bonds. The maximum atomic E-state index is 8.58. The van der Waals surface area contributed by atoms with Crippen molar-refractivity contribution in [2.24, 2.45) is 5.16 Å². The van der Waals surface area contributed by atoms with Crippen molar-refractivity contribution in [3.8, 4) is 17.2 Å². The van der Waals surface area contributed by atoms with Gasteiger partial charge in [-0.25, -0.2) is 0 Å². The van der Waals surface area contributed by atoms with Crippen LogP contribution in [0, 0.1) is 0 Å². The molecule has 2 aromatic rings. The third-order valence-corrected chi connectivity index (χ3v) is 2.40. The highest BCUT2D eigenvalue weighted by molar-refractivity contribution is 5.83. The highest BCUT2D eigenvalue weighted by Crippen LogP contribution is 2.25. The van der Waals surface area contributed by atoms with Crippen molar-refractivity contribution in [3.63, 3.8) is 0 Å². The van der Waals surface area contributed by atoms with E-state index in [9.17, 15) is 0 Å². The monoisotopic (exact) mass is 243 g/mol. The number of hydrogen-bond acceptors (Lipinski definition) is 4. The summed E-state index contributed by atoms with van der Waals surface area (Å²) in [5, 5.41) is 11.6. The van der Waals surface area contributed by atoms with Crippen LogP contribution in [0.15, 0.2) is 53.7 Å². The van der Waals surface area contributed by atoms with E-state index in [1.54, 1.807) is 19.2 Å². The van der Waals surface area contributed by atoms with E-state index in [4.69, 9.17) is 14.7 Å². The van der Waals surface area contributed by atoms with Gasteiger partial charge >= 0.3 is 0 Å². The molecule has 0 radical (unpaired) electrons. The first-order chi connectivity index (χ1) is 8.83. The van der Waals surface area contributed by atoms with Gasteiger partial charge in [0.15, 0.2) is 0 Å². The van der Waals surface area contributed by atoms with Gasteiger partial charge in [-0.3, -0.25) is 0 Å². The lowest BCUT2D eigenvalue weighted by atomic mass is 10.2. The lowest BCUT2D eigenvalue weighted by Gasteiger charge is -2.08. The smallest absolute Gasteiger partial charge is 0.136 e. The van der Waals surface area contributed by atoms with Gasteiger partial charge < -0.3 is 14.7 Å². The molecule has 0 aromatic heterocycles. The molecular weight excluding hydrogens is 230 g/mol. The molecule has 4 heteroatoms. The number of methoxy groups -OCH3 is 1. The van der Waals surface area contributed by atoms with Gasteiger partial charge in [0, 0.05) is 5.56 Å². The Hall–Kier alpha value is -2.49. The molecule has 0 spiro atoms. The maximum absolute atomic E-state index is 8.58. The second kappa shape index (κ2) is 5.72. The van der Waals surface area contributed by atoms with Crippen LogP contribution >= 0.6 is 0 Å². The van der Waals surface area contributed by atoms with Crippen LogP contribution in [-0.2, 0) is 0 Å². The number of benzene rings is 2. The van der Waals surface area contributed by atoms with Crippen LogP contribution in [0.4, 0.5) is 0 Å². The lowest BCUT2D eigenvalue weighted by molar-refractivity contribution is 0.321. The largest absolute Gasteiger partial charge is 0.497 e. The van der Waals surface area contributed by atoms with Crippen molar-refractivity contribution < 1.29 is 14.7 Å². The second-order valence-electron chi connectivity index (χ2n) is 3.56. The third kappa shape index (κ3) is 2.79. The first-order valence-corrected chi connectivity index (χ1v) is 5.42. The molecule has 4 nitrogen and oxygen atoms in total. The van der Waals surface area contributed by atoms with E-state index in [0.29, 0.717) is 17.1 Å². The van der Waals surface area contributed by atoms with Gasteiger partial charge in [-0.05, 0) is 36.4 Å². The fourth-order valence-electron chi connectivity index (χ4n) is 1.51. The number of ether oxygens (including phenoxy) is 2. The predicted octanol–water partition coefficient (Wildman–Crippen LogP) is 3.30. The first-order valence-electron chi connectivity index (χ1n) is 5.42. The van der Waals surface area contributed by atoms with Crippen LogP contribution < -0.4 is 9.47 Å². The Bertz CT molecular complexity index is 535. The molecular formula is C14H13NO3. The Kier molecular flexibility index (Phi) is 3.81. The van der Waals surface area contributed by atoms with Crippen LogP contribution in [0.2, 0.25) is 0 Å². The van der Waals surface area contributed by atoms with Crippen LogP contribution in [0.25, 0.3) is 0 Å². The Morgan fingerprint density at radius 3 is 2.33 bits per heavy atom. The molecule has 0 aliphatic heterocycles. The minimum atomic E-state index is 0.625. The second-order valence-corrected chi connectivity index (χ2v) is 3.56. The topological polar surface area (TPSA) is 51.0 Å².